The van der Waals surface area contributed by atoms with Crippen molar-refractivity contribution < 1.29 is 18.0 Å². The molecule has 0 unspecified atom stereocenters. The van der Waals surface area contributed by atoms with Crippen LogP contribution in [0.15, 0.2) is 120 Å². The molecule has 0 atom stereocenters. The van der Waals surface area contributed by atoms with Gasteiger partial charge in [-0.05, 0) is 17.8 Å². The molecule has 0 aliphatic rings. The highest BCUT2D eigenvalue weighted by molar-refractivity contribution is 6.84. The lowest BCUT2D eigenvalue weighted by Gasteiger charge is -2.20. The molecule has 0 fully saturated rings. The van der Waals surface area contributed by atoms with E-state index in [9.17, 15) is 18.0 Å². The van der Waals surface area contributed by atoms with E-state index in [1.165, 1.54) is 25.1 Å². The second-order valence-electron chi connectivity index (χ2n) is 7.56. The maximum Gasteiger partial charge on any atom is 0.432 e. The van der Waals surface area contributed by atoms with Crippen molar-refractivity contribution in [3.05, 3.63) is 120 Å². The number of alkyl halides is 3. The van der Waals surface area contributed by atoms with Gasteiger partial charge in [0.2, 0.25) is 0 Å². The van der Waals surface area contributed by atoms with Crippen molar-refractivity contribution in [1.82, 2.24) is 5.32 Å². The summed E-state index contributed by atoms with van der Waals surface area (Å²) >= 11 is 0. The Kier molecular flexibility index (Phi) is 8.25. The van der Waals surface area contributed by atoms with Gasteiger partial charge in [-0.3, -0.25) is 4.79 Å². The Morgan fingerprint density at radius 2 is 1.38 bits per heavy atom. The van der Waals surface area contributed by atoms with Gasteiger partial charge in [0.05, 0.1) is 5.57 Å². The van der Waals surface area contributed by atoms with E-state index >= 15 is 0 Å². The van der Waals surface area contributed by atoms with E-state index in [1.807, 2.05) is 0 Å². The van der Waals surface area contributed by atoms with Crippen LogP contribution < -0.4 is 16.2 Å². The Labute approximate surface area is 197 Å². The van der Waals surface area contributed by atoms with Gasteiger partial charge in [-0.25, -0.2) is 0 Å². The van der Waals surface area contributed by atoms with Crippen molar-refractivity contribution in [3.63, 3.8) is 0 Å². The fourth-order valence-electron chi connectivity index (χ4n) is 3.52. The summed E-state index contributed by atoms with van der Waals surface area (Å²) < 4.78 is 43.7. The van der Waals surface area contributed by atoms with Crippen LogP contribution in [-0.4, -0.2) is 31.1 Å². The average Bonchev–Trinajstić information content (AvgIpc) is 2.85. The van der Waals surface area contributed by atoms with Crippen LogP contribution in [0, 0.1) is 0 Å². The molecular weight excluding hydrogens is 436 g/mol. The van der Waals surface area contributed by atoms with Crippen LogP contribution in [0.25, 0.3) is 0 Å². The fraction of sp³-hybridized carbons (Fsp3) is 0.111. The van der Waals surface area contributed by atoms with E-state index < -0.39 is 30.1 Å². The third kappa shape index (κ3) is 6.13. The van der Waals surface area contributed by atoms with Gasteiger partial charge in [-0.2, -0.15) is 13.2 Å². The number of nitrogens with one attached hydrogen (secondary N) is 1. The lowest BCUT2D eigenvalue weighted by Crippen LogP contribution is -2.44. The molecule has 172 valence electrons. The first-order chi connectivity index (χ1) is 16.3. The van der Waals surface area contributed by atoms with E-state index in [4.69, 9.17) is 0 Å². The predicted octanol–water partition coefficient (Wildman–Crippen LogP) is 4.73. The lowest BCUT2D eigenvalue weighted by atomic mass is 9.51. The van der Waals surface area contributed by atoms with Gasteiger partial charge in [0.1, 0.15) is 5.71 Å². The highest BCUT2D eigenvalue weighted by Gasteiger charge is 2.42. The Morgan fingerprint density at radius 1 is 0.912 bits per heavy atom. The molecule has 0 bridgehead atoms. The van der Waals surface area contributed by atoms with Gasteiger partial charge in [0.25, 0.3) is 0 Å². The molecule has 0 aliphatic carbocycles. The van der Waals surface area contributed by atoms with Crippen molar-refractivity contribution in [2.24, 2.45) is 4.90 Å². The van der Waals surface area contributed by atoms with E-state index in [0.29, 0.717) is 10.9 Å². The predicted molar refractivity (Wildman–Crippen MR) is 133 cm³/mol. The van der Waals surface area contributed by atoms with Gasteiger partial charge in [0.15, 0.2) is 5.78 Å². The Morgan fingerprint density at radius 3 is 1.82 bits per heavy atom. The molecule has 34 heavy (non-hydrogen) atoms. The summed E-state index contributed by atoms with van der Waals surface area (Å²) in [5, 5.41) is 2.85. The van der Waals surface area contributed by atoms with Gasteiger partial charge in [-0.1, -0.05) is 97.1 Å². The largest absolute Gasteiger partial charge is 0.432 e. The minimum absolute atomic E-state index is 0.0738. The lowest BCUT2D eigenvalue weighted by molar-refractivity contribution is -0.0581. The van der Waals surface area contributed by atoms with Gasteiger partial charge >= 0.3 is 13.0 Å². The molecule has 0 saturated heterocycles. The summed E-state index contributed by atoms with van der Waals surface area (Å²) in [5.41, 5.74) is -0.363. The molecule has 0 saturated carbocycles. The van der Waals surface area contributed by atoms with Gasteiger partial charge in [0, 0.05) is 17.8 Å². The molecule has 0 aromatic heterocycles. The van der Waals surface area contributed by atoms with Crippen molar-refractivity contribution >= 4 is 29.3 Å². The van der Waals surface area contributed by atoms with Crippen LogP contribution >= 0.6 is 0 Å². The second-order valence-corrected chi connectivity index (χ2v) is 7.56. The number of halogens is 3. The highest BCUT2D eigenvalue weighted by Crippen LogP contribution is 2.27. The van der Waals surface area contributed by atoms with Crippen LogP contribution in [0.4, 0.5) is 13.2 Å². The van der Waals surface area contributed by atoms with Crippen molar-refractivity contribution in [1.29, 1.82) is 0 Å². The number of nitrogens with zero attached hydrogens (tertiary/aromatic N) is 1. The second kappa shape index (κ2) is 11.3. The van der Waals surface area contributed by atoms with Gasteiger partial charge < -0.3 is 10.2 Å². The minimum atomic E-state index is -4.88. The number of ketones is 1. The van der Waals surface area contributed by atoms with Crippen LogP contribution in [-0.2, 0) is 0 Å². The zero-order chi connectivity index (χ0) is 24.6. The van der Waals surface area contributed by atoms with E-state index in [2.05, 4.69) is 16.8 Å². The van der Waals surface area contributed by atoms with E-state index in [-0.39, 0.29) is 17.8 Å². The number of Topliss-reactive ketones (excluding diaryl/α,β-unsaturated/α-hetero) is 1. The molecule has 0 heterocycles. The molecule has 3 nitrogen and oxygen atoms in total. The molecular formula is C27H24BF3N2O. The maximum absolute atomic E-state index is 14.6. The summed E-state index contributed by atoms with van der Waals surface area (Å²) in [7, 11) is 0. The minimum Gasteiger partial charge on any atom is -0.384 e. The number of benzene rings is 3. The van der Waals surface area contributed by atoms with Crippen molar-refractivity contribution in [2.45, 2.75) is 13.1 Å². The van der Waals surface area contributed by atoms with Crippen LogP contribution in [0.5, 0.6) is 0 Å². The fourth-order valence-corrected chi connectivity index (χ4v) is 3.52. The van der Waals surface area contributed by atoms with Gasteiger partial charge in [-0.15, -0.1) is 6.58 Å². The number of carbonyl (C=O) groups excluding carboxylic acids is 1. The molecule has 3 aromatic rings. The smallest absolute Gasteiger partial charge is 0.384 e. The standard InChI is InChI=1S/C27H24BF3N2O/c1-3-19-32-20(2)24(25(34)21-13-7-4-8-14-21)26(27(29,30)31)33-28(22-15-9-5-10-16-22)23-17-11-6-12-18-23/h3-18,32H,1,19H2,2H3. The zero-order valence-corrected chi connectivity index (χ0v) is 18.7. The molecule has 3 aromatic carbocycles. The summed E-state index contributed by atoms with van der Waals surface area (Å²) in [6.07, 6.45) is -3.37. The molecule has 1 N–H and O–H groups in total. The number of hydrogen-bond donors (Lipinski definition) is 1. The molecule has 0 spiro atoms. The number of allylic oxidation sites excluding steroid dienone is 2. The van der Waals surface area contributed by atoms with E-state index in [1.54, 1.807) is 78.9 Å². The quantitative estimate of drug-likeness (QED) is 0.165. The van der Waals surface area contributed by atoms with Crippen molar-refractivity contribution in [3.8, 4) is 0 Å². The normalized spacial score (nSPS) is 12.5. The Bertz CT molecular complexity index is 1140. The molecule has 0 amide bonds. The summed E-state index contributed by atoms with van der Waals surface area (Å²) in [5.74, 6) is -0.759. The summed E-state index contributed by atoms with van der Waals surface area (Å²) in [6, 6.07) is 25.3. The number of carbonyl (C=O) groups is 1. The molecule has 0 radical (unpaired) electrons. The van der Waals surface area contributed by atoms with E-state index in [0.717, 1.165) is 0 Å². The number of rotatable bonds is 9. The summed E-state index contributed by atoms with van der Waals surface area (Å²) in [6.45, 7) is 4.28. The average molecular weight is 460 g/mol. The summed E-state index contributed by atoms with van der Waals surface area (Å²) in [4.78, 5) is 17.6. The molecule has 0 aliphatic heterocycles. The topological polar surface area (TPSA) is 41.5 Å². The SMILES string of the molecule is C=CCNC(C)=C(C(=O)c1ccccc1)C(=NB(c1ccccc1)c1ccccc1)C(F)(F)F. The molecule has 3 rings (SSSR count). The van der Waals surface area contributed by atoms with Crippen LogP contribution in [0.1, 0.15) is 17.3 Å². The van der Waals surface area contributed by atoms with Crippen LogP contribution in [0.3, 0.4) is 0 Å². The first-order valence-electron chi connectivity index (χ1n) is 10.7. The number of hydrogen-bond acceptors (Lipinski definition) is 3. The third-order valence-corrected chi connectivity index (χ3v) is 5.14. The maximum atomic E-state index is 14.6. The molecule has 7 heteroatoms. The first-order valence-corrected chi connectivity index (χ1v) is 10.7. The third-order valence-electron chi connectivity index (χ3n) is 5.14. The van der Waals surface area contributed by atoms with Crippen LogP contribution in [0.2, 0.25) is 0 Å². The highest BCUT2D eigenvalue weighted by atomic mass is 19.4. The Hall–Kier alpha value is -3.87. The first kappa shape index (κ1) is 24.8. The monoisotopic (exact) mass is 460 g/mol. The zero-order valence-electron chi connectivity index (χ0n) is 18.7. The van der Waals surface area contributed by atoms with Crippen molar-refractivity contribution in [2.75, 3.05) is 6.54 Å². The Balaban J connectivity index is 2.27.